The number of hydrogen-bond acceptors (Lipinski definition) is 4. The summed E-state index contributed by atoms with van der Waals surface area (Å²) in [5.74, 6) is 0.192. The standard InChI is InChI=1S/C16H25NO3S/c1-2-13-21(18,19)16-9-4-3-8-15(16)17-11-10-14-7-5-6-12-20-14/h3-4,8-9,14,17H,2,5-7,10-13H2,1H3. The smallest absolute Gasteiger partial charge is 0.180 e. The molecule has 1 aromatic rings. The number of rotatable bonds is 7. The number of benzene rings is 1. The average Bonchev–Trinajstić information content (AvgIpc) is 2.49. The number of para-hydroxylation sites is 1. The van der Waals surface area contributed by atoms with Crippen LogP contribution >= 0.6 is 0 Å². The molecule has 0 amide bonds. The molecule has 1 aliphatic rings. The van der Waals surface area contributed by atoms with Gasteiger partial charge in [-0.05, 0) is 44.2 Å². The highest BCUT2D eigenvalue weighted by atomic mass is 32.2. The van der Waals surface area contributed by atoms with Gasteiger partial charge in [0.05, 0.1) is 22.4 Å². The highest BCUT2D eigenvalue weighted by Gasteiger charge is 2.18. The number of nitrogens with one attached hydrogen (secondary N) is 1. The summed E-state index contributed by atoms with van der Waals surface area (Å²) in [5, 5.41) is 3.27. The molecule has 0 bridgehead atoms. The van der Waals surface area contributed by atoms with Crippen molar-refractivity contribution in [2.75, 3.05) is 24.2 Å². The van der Waals surface area contributed by atoms with Gasteiger partial charge >= 0.3 is 0 Å². The van der Waals surface area contributed by atoms with Gasteiger partial charge in [0.15, 0.2) is 9.84 Å². The topological polar surface area (TPSA) is 55.4 Å². The minimum Gasteiger partial charge on any atom is -0.384 e. The highest BCUT2D eigenvalue weighted by molar-refractivity contribution is 7.91. The van der Waals surface area contributed by atoms with E-state index in [2.05, 4.69) is 5.32 Å². The Kier molecular flexibility index (Phi) is 6.06. The van der Waals surface area contributed by atoms with Gasteiger partial charge in [-0.2, -0.15) is 0 Å². The molecular formula is C16H25NO3S. The summed E-state index contributed by atoms with van der Waals surface area (Å²) in [6, 6.07) is 7.16. The van der Waals surface area contributed by atoms with E-state index in [-0.39, 0.29) is 5.75 Å². The second-order valence-corrected chi connectivity index (χ2v) is 7.60. The summed E-state index contributed by atoms with van der Waals surface area (Å²) >= 11 is 0. The van der Waals surface area contributed by atoms with Crippen LogP contribution in [0.25, 0.3) is 0 Å². The van der Waals surface area contributed by atoms with Crippen molar-refractivity contribution >= 4 is 15.5 Å². The first-order valence-electron chi connectivity index (χ1n) is 7.81. The molecule has 118 valence electrons. The van der Waals surface area contributed by atoms with Crippen LogP contribution in [0.4, 0.5) is 5.69 Å². The summed E-state index contributed by atoms with van der Waals surface area (Å²) in [7, 11) is -3.19. The van der Waals surface area contributed by atoms with Crippen LogP contribution in [0, 0.1) is 0 Å². The molecule has 1 atom stereocenters. The fourth-order valence-corrected chi connectivity index (χ4v) is 4.18. The summed E-state index contributed by atoms with van der Waals surface area (Å²) in [6.45, 7) is 3.48. The van der Waals surface area contributed by atoms with E-state index in [1.807, 2.05) is 19.1 Å². The molecule has 1 saturated heterocycles. The second kappa shape index (κ2) is 7.80. The summed E-state index contributed by atoms with van der Waals surface area (Å²) in [6.07, 6.45) is 5.35. The van der Waals surface area contributed by atoms with E-state index in [0.717, 1.165) is 32.4 Å². The molecule has 1 aliphatic heterocycles. The van der Waals surface area contributed by atoms with Gasteiger partial charge in [-0.25, -0.2) is 8.42 Å². The van der Waals surface area contributed by atoms with Crippen molar-refractivity contribution in [3.63, 3.8) is 0 Å². The molecule has 21 heavy (non-hydrogen) atoms. The minimum absolute atomic E-state index is 0.192. The lowest BCUT2D eigenvalue weighted by Crippen LogP contribution is -2.22. The zero-order valence-electron chi connectivity index (χ0n) is 12.7. The van der Waals surface area contributed by atoms with E-state index in [0.29, 0.717) is 23.1 Å². The van der Waals surface area contributed by atoms with Gasteiger partial charge in [-0.1, -0.05) is 19.1 Å². The number of hydrogen-bond donors (Lipinski definition) is 1. The molecule has 1 aromatic carbocycles. The van der Waals surface area contributed by atoms with Crippen molar-refractivity contribution in [1.82, 2.24) is 0 Å². The Labute approximate surface area is 127 Å². The van der Waals surface area contributed by atoms with E-state index < -0.39 is 9.84 Å². The van der Waals surface area contributed by atoms with Crippen LogP contribution in [0.3, 0.4) is 0 Å². The zero-order valence-corrected chi connectivity index (χ0v) is 13.5. The molecule has 0 saturated carbocycles. The van der Waals surface area contributed by atoms with Crippen LogP contribution in [0.2, 0.25) is 0 Å². The lowest BCUT2D eigenvalue weighted by atomic mass is 10.1. The normalized spacial score (nSPS) is 19.4. The van der Waals surface area contributed by atoms with E-state index in [9.17, 15) is 8.42 Å². The first-order valence-corrected chi connectivity index (χ1v) is 9.46. The fourth-order valence-electron chi connectivity index (χ4n) is 2.67. The van der Waals surface area contributed by atoms with Crippen LogP contribution in [-0.2, 0) is 14.6 Å². The van der Waals surface area contributed by atoms with Crippen molar-refractivity contribution in [3.05, 3.63) is 24.3 Å². The Balaban J connectivity index is 1.96. The number of ether oxygens (including phenoxy) is 1. The second-order valence-electron chi connectivity index (χ2n) is 5.52. The predicted octanol–water partition coefficient (Wildman–Crippen LogP) is 3.24. The maximum atomic E-state index is 12.3. The third-order valence-electron chi connectivity index (χ3n) is 3.75. The molecule has 0 aromatic heterocycles. The average molecular weight is 311 g/mol. The quantitative estimate of drug-likeness (QED) is 0.840. The van der Waals surface area contributed by atoms with Gasteiger partial charge in [0.2, 0.25) is 0 Å². The van der Waals surface area contributed by atoms with Gasteiger partial charge in [0, 0.05) is 13.2 Å². The molecule has 1 unspecified atom stereocenters. The Bertz CT molecular complexity index is 536. The SMILES string of the molecule is CCCS(=O)(=O)c1ccccc1NCCC1CCCCO1. The third kappa shape index (κ3) is 4.71. The van der Waals surface area contributed by atoms with Gasteiger partial charge < -0.3 is 10.1 Å². The molecule has 2 rings (SSSR count). The number of sulfone groups is 1. The maximum Gasteiger partial charge on any atom is 0.180 e. The monoisotopic (exact) mass is 311 g/mol. The molecule has 1 heterocycles. The molecule has 5 heteroatoms. The molecule has 0 aliphatic carbocycles. The summed E-state index contributed by atoms with van der Waals surface area (Å²) in [5.41, 5.74) is 0.710. The van der Waals surface area contributed by atoms with Crippen molar-refractivity contribution in [2.24, 2.45) is 0 Å². The first kappa shape index (κ1) is 16.3. The van der Waals surface area contributed by atoms with Crippen LogP contribution in [0.15, 0.2) is 29.2 Å². The van der Waals surface area contributed by atoms with Crippen LogP contribution < -0.4 is 5.32 Å². The molecule has 0 radical (unpaired) electrons. The Hall–Kier alpha value is -1.07. The van der Waals surface area contributed by atoms with Gasteiger partial charge in [-0.15, -0.1) is 0 Å². The number of anilines is 1. The van der Waals surface area contributed by atoms with Crippen LogP contribution in [-0.4, -0.2) is 33.4 Å². The molecule has 0 spiro atoms. The highest BCUT2D eigenvalue weighted by Crippen LogP contribution is 2.23. The van der Waals surface area contributed by atoms with Crippen LogP contribution in [0.5, 0.6) is 0 Å². The maximum absolute atomic E-state index is 12.3. The van der Waals surface area contributed by atoms with E-state index in [1.54, 1.807) is 12.1 Å². The van der Waals surface area contributed by atoms with E-state index in [1.165, 1.54) is 6.42 Å². The van der Waals surface area contributed by atoms with E-state index >= 15 is 0 Å². The van der Waals surface area contributed by atoms with Crippen LogP contribution in [0.1, 0.15) is 39.0 Å². The van der Waals surface area contributed by atoms with Gasteiger partial charge in [-0.3, -0.25) is 0 Å². The summed E-state index contributed by atoms with van der Waals surface area (Å²) in [4.78, 5) is 0.413. The minimum atomic E-state index is -3.19. The zero-order chi connectivity index (χ0) is 15.1. The predicted molar refractivity (Wildman–Crippen MR) is 85.5 cm³/mol. The third-order valence-corrected chi connectivity index (χ3v) is 5.72. The Morgan fingerprint density at radius 2 is 2.10 bits per heavy atom. The van der Waals surface area contributed by atoms with Crippen molar-refractivity contribution in [3.8, 4) is 0 Å². The first-order chi connectivity index (χ1) is 10.1. The molecular weight excluding hydrogens is 286 g/mol. The largest absolute Gasteiger partial charge is 0.384 e. The Morgan fingerprint density at radius 1 is 1.29 bits per heavy atom. The fraction of sp³-hybridized carbons (Fsp3) is 0.625. The molecule has 1 N–H and O–H groups in total. The lowest BCUT2D eigenvalue weighted by molar-refractivity contribution is 0.0134. The van der Waals surface area contributed by atoms with E-state index in [4.69, 9.17) is 4.74 Å². The van der Waals surface area contributed by atoms with Gasteiger partial charge in [0.1, 0.15) is 0 Å². The van der Waals surface area contributed by atoms with Gasteiger partial charge in [0.25, 0.3) is 0 Å². The van der Waals surface area contributed by atoms with Crippen molar-refractivity contribution in [1.29, 1.82) is 0 Å². The molecule has 1 fully saturated rings. The lowest BCUT2D eigenvalue weighted by Gasteiger charge is -2.23. The molecule has 4 nitrogen and oxygen atoms in total. The van der Waals surface area contributed by atoms with Crippen molar-refractivity contribution < 1.29 is 13.2 Å². The summed E-state index contributed by atoms with van der Waals surface area (Å²) < 4.78 is 30.2. The Morgan fingerprint density at radius 3 is 2.81 bits per heavy atom. The van der Waals surface area contributed by atoms with Crippen molar-refractivity contribution in [2.45, 2.75) is 50.0 Å².